The average molecular weight is 292 g/mol. The highest BCUT2D eigenvalue weighted by molar-refractivity contribution is 5.98. The first-order chi connectivity index (χ1) is 9.85. The molecule has 0 aliphatic heterocycles. The minimum atomic E-state index is -0.676. The zero-order chi connectivity index (χ0) is 16.0. The van der Waals surface area contributed by atoms with Gasteiger partial charge >= 0.3 is 0 Å². The van der Waals surface area contributed by atoms with Crippen LogP contribution in [0.4, 0.5) is 5.69 Å². The first kappa shape index (κ1) is 16.7. The Bertz CT molecular complexity index is 555. The molecule has 0 heterocycles. The first-order valence-electron chi connectivity index (χ1n) is 6.59. The molecule has 1 atom stereocenters. The van der Waals surface area contributed by atoms with Crippen LogP contribution < -0.4 is 15.8 Å². The van der Waals surface area contributed by atoms with Crippen molar-refractivity contribution in [2.24, 2.45) is 0 Å². The fourth-order valence-electron chi connectivity index (χ4n) is 1.82. The topological polar surface area (TPSA) is 98.5 Å². The number of rotatable bonds is 7. The Hall–Kier alpha value is -2.37. The predicted molar refractivity (Wildman–Crippen MR) is 79.3 cm³/mol. The van der Waals surface area contributed by atoms with Crippen LogP contribution >= 0.6 is 0 Å². The van der Waals surface area contributed by atoms with E-state index in [9.17, 15) is 14.4 Å². The molecule has 1 amide bonds. The smallest absolute Gasteiger partial charge is 0.251 e. The Labute approximate surface area is 123 Å². The van der Waals surface area contributed by atoms with Crippen LogP contribution in [0.2, 0.25) is 0 Å². The van der Waals surface area contributed by atoms with E-state index in [2.05, 4.69) is 5.32 Å². The van der Waals surface area contributed by atoms with Gasteiger partial charge in [0, 0.05) is 12.0 Å². The number of hydrogen-bond donors (Lipinski definition) is 2. The van der Waals surface area contributed by atoms with Gasteiger partial charge in [-0.25, -0.2) is 0 Å². The number of nitrogen functional groups attached to an aromatic ring is 1. The maximum absolute atomic E-state index is 12.1. The third-order valence-corrected chi connectivity index (χ3v) is 3.08. The van der Waals surface area contributed by atoms with Crippen molar-refractivity contribution in [2.45, 2.75) is 32.7 Å². The van der Waals surface area contributed by atoms with Crippen molar-refractivity contribution in [1.82, 2.24) is 5.32 Å². The molecule has 0 saturated carbocycles. The molecule has 0 fully saturated rings. The van der Waals surface area contributed by atoms with E-state index in [0.29, 0.717) is 23.4 Å². The SMILES string of the molecule is COc1cc(C(=O)N[C@@H](CCC(C)=O)C(C)=O)ccc1N. The van der Waals surface area contributed by atoms with E-state index >= 15 is 0 Å². The Morgan fingerprint density at radius 3 is 2.48 bits per heavy atom. The largest absolute Gasteiger partial charge is 0.495 e. The number of nitrogens with two attached hydrogens (primary N) is 1. The number of anilines is 1. The van der Waals surface area contributed by atoms with Gasteiger partial charge in [0.2, 0.25) is 0 Å². The second kappa shape index (κ2) is 7.42. The summed E-state index contributed by atoms with van der Waals surface area (Å²) in [5.41, 5.74) is 6.45. The number of ether oxygens (including phenoxy) is 1. The fraction of sp³-hybridized carbons (Fsp3) is 0.400. The Balaban J connectivity index is 2.81. The molecule has 0 unspecified atom stereocenters. The van der Waals surface area contributed by atoms with E-state index < -0.39 is 11.9 Å². The molecule has 0 aliphatic rings. The highest BCUT2D eigenvalue weighted by atomic mass is 16.5. The Morgan fingerprint density at radius 1 is 1.29 bits per heavy atom. The molecule has 1 aromatic rings. The number of carbonyl (C=O) groups excluding carboxylic acids is 3. The quantitative estimate of drug-likeness (QED) is 0.739. The van der Waals surface area contributed by atoms with E-state index in [-0.39, 0.29) is 18.0 Å². The van der Waals surface area contributed by atoms with Crippen molar-refractivity contribution in [2.75, 3.05) is 12.8 Å². The van der Waals surface area contributed by atoms with Crippen molar-refractivity contribution >= 4 is 23.2 Å². The van der Waals surface area contributed by atoms with Gasteiger partial charge in [-0.2, -0.15) is 0 Å². The molecule has 114 valence electrons. The lowest BCUT2D eigenvalue weighted by molar-refractivity contribution is -0.119. The lowest BCUT2D eigenvalue weighted by Crippen LogP contribution is -2.40. The Kier molecular flexibility index (Phi) is 5.90. The molecule has 21 heavy (non-hydrogen) atoms. The Morgan fingerprint density at radius 2 is 1.95 bits per heavy atom. The van der Waals surface area contributed by atoms with Gasteiger partial charge in [0.05, 0.1) is 18.8 Å². The third kappa shape index (κ3) is 4.91. The molecule has 0 spiro atoms. The fourth-order valence-corrected chi connectivity index (χ4v) is 1.82. The van der Waals surface area contributed by atoms with Gasteiger partial charge in [-0.15, -0.1) is 0 Å². The monoisotopic (exact) mass is 292 g/mol. The van der Waals surface area contributed by atoms with Gasteiger partial charge in [-0.1, -0.05) is 0 Å². The summed E-state index contributed by atoms with van der Waals surface area (Å²) >= 11 is 0. The van der Waals surface area contributed by atoms with Gasteiger partial charge in [0.15, 0.2) is 5.78 Å². The summed E-state index contributed by atoms with van der Waals surface area (Å²) in [6.45, 7) is 2.83. The summed E-state index contributed by atoms with van der Waals surface area (Å²) in [5, 5.41) is 2.62. The van der Waals surface area contributed by atoms with E-state index in [1.807, 2.05) is 0 Å². The van der Waals surface area contributed by atoms with E-state index in [1.54, 1.807) is 12.1 Å². The van der Waals surface area contributed by atoms with Crippen LogP contribution in [0.1, 0.15) is 37.0 Å². The number of amides is 1. The number of benzene rings is 1. The maximum atomic E-state index is 12.1. The van der Waals surface area contributed by atoms with E-state index in [0.717, 1.165) is 0 Å². The number of ketones is 2. The second-order valence-corrected chi connectivity index (χ2v) is 4.83. The first-order valence-corrected chi connectivity index (χ1v) is 6.59. The molecule has 1 aromatic carbocycles. The molecule has 6 heteroatoms. The summed E-state index contributed by atoms with van der Waals surface area (Å²) < 4.78 is 5.05. The highest BCUT2D eigenvalue weighted by Gasteiger charge is 2.19. The zero-order valence-electron chi connectivity index (χ0n) is 12.4. The predicted octanol–water partition coefficient (Wildman–Crippen LogP) is 1.33. The maximum Gasteiger partial charge on any atom is 0.251 e. The lowest BCUT2D eigenvalue weighted by atomic mass is 10.1. The number of carbonyl (C=O) groups is 3. The van der Waals surface area contributed by atoms with Crippen molar-refractivity contribution in [1.29, 1.82) is 0 Å². The van der Waals surface area contributed by atoms with Crippen LogP contribution in [0.3, 0.4) is 0 Å². The van der Waals surface area contributed by atoms with Crippen LogP contribution in [0.5, 0.6) is 5.75 Å². The van der Waals surface area contributed by atoms with E-state index in [4.69, 9.17) is 10.5 Å². The standard InChI is InChI=1S/C15H20N2O4/c1-9(18)4-7-13(10(2)19)17-15(20)11-5-6-12(16)14(8-11)21-3/h5-6,8,13H,4,7,16H2,1-3H3,(H,17,20)/t13-/m0/s1. The lowest BCUT2D eigenvalue weighted by Gasteiger charge is -2.16. The summed E-state index contributed by atoms with van der Waals surface area (Å²) in [5.74, 6) is -0.223. The van der Waals surface area contributed by atoms with Gasteiger partial charge in [-0.05, 0) is 38.5 Å². The van der Waals surface area contributed by atoms with Gasteiger partial charge in [0.1, 0.15) is 11.5 Å². The van der Waals surface area contributed by atoms with Gasteiger partial charge < -0.3 is 20.6 Å². The van der Waals surface area contributed by atoms with Crippen LogP contribution in [0, 0.1) is 0 Å². The third-order valence-electron chi connectivity index (χ3n) is 3.08. The molecular formula is C15H20N2O4. The second-order valence-electron chi connectivity index (χ2n) is 4.83. The van der Waals surface area contributed by atoms with Crippen LogP contribution in [-0.4, -0.2) is 30.6 Å². The van der Waals surface area contributed by atoms with Crippen molar-refractivity contribution in [3.63, 3.8) is 0 Å². The summed E-state index contributed by atoms with van der Waals surface area (Å²) in [6, 6.07) is 3.94. The number of Topliss-reactive ketones (excluding diaryl/α,β-unsaturated/α-hetero) is 2. The van der Waals surface area contributed by atoms with Crippen molar-refractivity contribution in [3.05, 3.63) is 23.8 Å². The average Bonchev–Trinajstić information content (AvgIpc) is 2.43. The number of nitrogens with one attached hydrogen (secondary N) is 1. The van der Waals surface area contributed by atoms with Gasteiger partial charge in [0.25, 0.3) is 5.91 Å². The zero-order valence-corrected chi connectivity index (χ0v) is 12.4. The number of methoxy groups -OCH3 is 1. The summed E-state index contributed by atoms with van der Waals surface area (Å²) in [4.78, 5) is 34.7. The summed E-state index contributed by atoms with van der Waals surface area (Å²) in [7, 11) is 1.46. The van der Waals surface area contributed by atoms with Gasteiger partial charge in [-0.3, -0.25) is 9.59 Å². The molecule has 0 aromatic heterocycles. The molecule has 3 N–H and O–H groups in total. The molecular weight excluding hydrogens is 272 g/mol. The molecule has 1 rings (SSSR count). The number of hydrogen-bond acceptors (Lipinski definition) is 5. The molecule has 0 radical (unpaired) electrons. The molecule has 0 saturated heterocycles. The molecule has 0 bridgehead atoms. The summed E-state index contributed by atoms with van der Waals surface area (Å²) in [6.07, 6.45) is 0.540. The molecule has 6 nitrogen and oxygen atoms in total. The van der Waals surface area contributed by atoms with Crippen molar-refractivity contribution in [3.8, 4) is 5.75 Å². The van der Waals surface area contributed by atoms with Crippen molar-refractivity contribution < 1.29 is 19.1 Å². The van der Waals surface area contributed by atoms with Crippen LogP contribution in [-0.2, 0) is 9.59 Å². The van der Waals surface area contributed by atoms with E-state index in [1.165, 1.54) is 27.0 Å². The highest BCUT2D eigenvalue weighted by Crippen LogP contribution is 2.22. The minimum absolute atomic E-state index is 0.0235. The normalized spacial score (nSPS) is 11.6. The molecule has 0 aliphatic carbocycles. The minimum Gasteiger partial charge on any atom is -0.495 e. The van der Waals surface area contributed by atoms with Crippen LogP contribution in [0.15, 0.2) is 18.2 Å². The van der Waals surface area contributed by atoms with Crippen LogP contribution in [0.25, 0.3) is 0 Å².